The molecule has 1 fully saturated rings. The van der Waals surface area contributed by atoms with Crippen LogP contribution in [0.25, 0.3) is 11.3 Å². The number of hydrogen-bond donors (Lipinski definition) is 1. The average molecular weight is 454 g/mol. The van der Waals surface area contributed by atoms with Gasteiger partial charge in [0.15, 0.2) is 16.4 Å². The van der Waals surface area contributed by atoms with E-state index >= 15 is 0 Å². The van der Waals surface area contributed by atoms with Crippen molar-refractivity contribution in [2.24, 2.45) is 0 Å². The molecule has 1 N–H and O–H groups in total. The normalized spacial score (nSPS) is 17.4. The molecular formula is C24H27N3O4S. The van der Waals surface area contributed by atoms with Crippen molar-refractivity contribution in [3.63, 3.8) is 0 Å². The van der Waals surface area contributed by atoms with Gasteiger partial charge < -0.3 is 10.1 Å². The van der Waals surface area contributed by atoms with Gasteiger partial charge >= 0.3 is 0 Å². The Morgan fingerprint density at radius 1 is 1.16 bits per heavy atom. The molecule has 2 heterocycles. The van der Waals surface area contributed by atoms with E-state index in [0.717, 1.165) is 5.56 Å². The Labute approximate surface area is 188 Å². The van der Waals surface area contributed by atoms with Crippen molar-refractivity contribution in [3.8, 4) is 17.0 Å². The molecule has 1 amide bonds. The summed E-state index contributed by atoms with van der Waals surface area (Å²) in [4.78, 5) is 12.6. The molecule has 7 nitrogen and oxygen atoms in total. The first-order valence-corrected chi connectivity index (χ1v) is 12.5. The first-order chi connectivity index (χ1) is 15.3. The van der Waals surface area contributed by atoms with Crippen LogP contribution in [0.5, 0.6) is 5.75 Å². The van der Waals surface area contributed by atoms with Gasteiger partial charge in [-0.2, -0.15) is 5.10 Å². The minimum atomic E-state index is -3.10. The Morgan fingerprint density at radius 3 is 2.50 bits per heavy atom. The van der Waals surface area contributed by atoms with Crippen molar-refractivity contribution in [1.82, 2.24) is 9.78 Å². The average Bonchev–Trinajstić information content (AvgIpc) is 3.36. The van der Waals surface area contributed by atoms with E-state index in [1.54, 1.807) is 10.7 Å². The lowest BCUT2D eigenvalue weighted by Gasteiger charge is -2.14. The lowest BCUT2D eigenvalue weighted by molar-refractivity contribution is -0.118. The van der Waals surface area contributed by atoms with E-state index in [9.17, 15) is 13.2 Å². The Kier molecular flexibility index (Phi) is 6.32. The summed E-state index contributed by atoms with van der Waals surface area (Å²) >= 11 is 0. The maximum absolute atomic E-state index is 12.6. The maximum Gasteiger partial charge on any atom is 0.263 e. The minimum Gasteiger partial charge on any atom is -0.484 e. The van der Waals surface area contributed by atoms with Crippen molar-refractivity contribution in [2.45, 2.75) is 32.2 Å². The molecule has 0 bridgehead atoms. The molecule has 1 saturated heterocycles. The molecule has 2 aromatic carbocycles. The van der Waals surface area contributed by atoms with Crippen molar-refractivity contribution in [3.05, 3.63) is 66.2 Å². The maximum atomic E-state index is 12.6. The fraction of sp³-hybridized carbons (Fsp3) is 0.333. The fourth-order valence-electron chi connectivity index (χ4n) is 3.76. The van der Waals surface area contributed by atoms with Crippen LogP contribution in [0.1, 0.15) is 37.8 Å². The molecule has 1 aromatic heterocycles. The predicted octanol–water partition coefficient (Wildman–Crippen LogP) is 4.05. The molecule has 1 atom stereocenters. The van der Waals surface area contributed by atoms with Gasteiger partial charge in [0, 0.05) is 11.6 Å². The molecule has 0 aliphatic carbocycles. The summed E-state index contributed by atoms with van der Waals surface area (Å²) in [6.45, 7) is 4.08. The number of benzene rings is 2. The van der Waals surface area contributed by atoms with Crippen LogP contribution in [0.4, 0.5) is 5.82 Å². The molecule has 0 unspecified atom stereocenters. The summed E-state index contributed by atoms with van der Waals surface area (Å²) in [5, 5.41) is 7.47. The van der Waals surface area contributed by atoms with Crippen LogP contribution >= 0.6 is 0 Å². The van der Waals surface area contributed by atoms with Crippen LogP contribution in [-0.4, -0.2) is 42.2 Å². The zero-order valence-corrected chi connectivity index (χ0v) is 19.0. The number of aromatic nitrogens is 2. The zero-order valence-electron chi connectivity index (χ0n) is 18.2. The molecule has 4 rings (SSSR count). The highest BCUT2D eigenvalue weighted by Crippen LogP contribution is 2.30. The van der Waals surface area contributed by atoms with Crippen molar-refractivity contribution >= 4 is 21.6 Å². The first-order valence-electron chi connectivity index (χ1n) is 10.7. The number of carbonyl (C=O) groups is 1. The van der Waals surface area contributed by atoms with Crippen LogP contribution in [0, 0.1) is 0 Å². The molecule has 168 valence electrons. The second-order valence-corrected chi connectivity index (χ2v) is 10.6. The summed E-state index contributed by atoms with van der Waals surface area (Å²) in [5.74, 6) is 1.32. The molecule has 8 heteroatoms. The van der Waals surface area contributed by atoms with Crippen molar-refractivity contribution in [2.75, 3.05) is 23.4 Å². The Morgan fingerprint density at radius 2 is 1.88 bits per heavy atom. The Balaban J connectivity index is 1.50. The number of rotatable bonds is 7. The number of nitrogens with zero attached hydrogens (tertiary/aromatic N) is 2. The van der Waals surface area contributed by atoms with Gasteiger partial charge in [-0.3, -0.25) is 4.79 Å². The summed E-state index contributed by atoms with van der Waals surface area (Å²) in [6.07, 6.45) is 0.472. The van der Waals surface area contributed by atoms with Crippen LogP contribution in [0.15, 0.2) is 60.7 Å². The summed E-state index contributed by atoms with van der Waals surface area (Å²) in [5.41, 5.74) is 2.77. The molecule has 0 spiro atoms. The second kappa shape index (κ2) is 9.16. The smallest absolute Gasteiger partial charge is 0.263 e. The summed E-state index contributed by atoms with van der Waals surface area (Å²) < 4.78 is 31.3. The standard InChI is InChI=1S/C24H27N3O4S/c1-17(2)18-8-10-21(11-9-18)31-15-24(28)25-23-14-22(19-6-4-3-5-7-19)26-27(23)20-12-13-32(29,30)16-20/h3-11,14,17,20H,12-13,15-16H2,1-2H3,(H,25,28)/t20-/m1/s1. The van der Waals surface area contributed by atoms with Gasteiger partial charge in [0.1, 0.15) is 11.6 Å². The molecule has 1 aliphatic heterocycles. The molecule has 32 heavy (non-hydrogen) atoms. The second-order valence-electron chi connectivity index (χ2n) is 8.34. The highest BCUT2D eigenvalue weighted by atomic mass is 32.2. The molecule has 3 aromatic rings. The zero-order chi connectivity index (χ0) is 22.7. The number of ether oxygens (including phenoxy) is 1. The van der Waals surface area contributed by atoms with E-state index in [1.807, 2.05) is 54.6 Å². The van der Waals surface area contributed by atoms with E-state index in [2.05, 4.69) is 24.3 Å². The predicted molar refractivity (Wildman–Crippen MR) is 125 cm³/mol. The molecule has 0 saturated carbocycles. The van der Waals surface area contributed by atoms with E-state index in [0.29, 0.717) is 29.6 Å². The van der Waals surface area contributed by atoms with Gasteiger partial charge in [0.05, 0.1) is 23.2 Å². The number of hydrogen-bond acceptors (Lipinski definition) is 5. The van der Waals surface area contributed by atoms with Crippen LogP contribution in [0.3, 0.4) is 0 Å². The topological polar surface area (TPSA) is 90.3 Å². The van der Waals surface area contributed by atoms with E-state index in [-0.39, 0.29) is 30.1 Å². The SMILES string of the molecule is CC(C)c1ccc(OCC(=O)Nc2cc(-c3ccccc3)nn2[C@@H]2CCS(=O)(=O)C2)cc1. The van der Waals surface area contributed by atoms with Gasteiger partial charge in [-0.1, -0.05) is 56.3 Å². The van der Waals surface area contributed by atoms with Crippen molar-refractivity contribution < 1.29 is 17.9 Å². The van der Waals surface area contributed by atoms with E-state index < -0.39 is 9.84 Å². The Hall–Kier alpha value is -3.13. The third kappa shape index (κ3) is 5.19. The number of carbonyl (C=O) groups excluding carboxylic acids is 1. The third-order valence-corrected chi connectivity index (χ3v) is 7.29. The van der Waals surface area contributed by atoms with E-state index in [1.165, 1.54) is 5.56 Å². The third-order valence-electron chi connectivity index (χ3n) is 5.54. The lowest BCUT2D eigenvalue weighted by Crippen LogP contribution is -2.23. The van der Waals surface area contributed by atoms with Gasteiger partial charge in [-0.05, 0) is 30.0 Å². The first kappa shape index (κ1) is 22.1. The molecule has 0 radical (unpaired) electrons. The van der Waals surface area contributed by atoms with Crippen LogP contribution < -0.4 is 10.1 Å². The van der Waals surface area contributed by atoms with Crippen LogP contribution in [-0.2, 0) is 14.6 Å². The fourth-order valence-corrected chi connectivity index (χ4v) is 5.45. The van der Waals surface area contributed by atoms with Crippen molar-refractivity contribution in [1.29, 1.82) is 0 Å². The number of anilines is 1. The highest BCUT2D eigenvalue weighted by Gasteiger charge is 2.31. The van der Waals surface area contributed by atoms with E-state index in [4.69, 9.17) is 4.74 Å². The van der Waals surface area contributed by atoms with Crippen LogP contribution in [0.2, 0.25) is 0 Å². The van der Waals surface area contributed by atoms with Gasteiger partial charge in [-0.25, -0.2) is 13.1 Å². The molecular weight excluding hydrogens is 426 g/mol. The van der Waals surface area contributed by atoms with Gasteiger partial charge in [0.25, 0.3) is 5.91 Å². The Bertz CT molecular complexity index is 1190. The number of amides is 1. The number of nitrogens with one attached hydrogen (secondary N) is 1. The number of sulfone groups is 1. The monoisotopic (exact) mass is 453 g/mol. The quantitative estimate of drug-likeness (QED) is 0.583. The summed E-state index contributed by atoms with van der Waals surface area (Å²) in [6, 6.07) is 18.7. The van der Waals surface area contributed by atoms with Gasteiger partial charge in [0.2, 0.25) is 0 Å². The minimum absolute atomic E-state index is 0.0183. The summed E-state index contributed by atoms with van der Waals surface area (Å²) in [7, 11) is -3.10. The largest absolute Gasteiger partial charge is 0.484 e. The lowest BCUT2D eigenvalue weighted by atomic mass is 10.0. The van der Waals surface area contributed by atoms with Gasteiger partial charge in [-0.15, -0.1) is 0 Å². The highest BCUT2D eigenvalue weighted by molar-refractivity contribution is 7.91. The molecule has 1 aliphatic rings.